The van der Waals surface area contributed by atoms with Gasteiger partial charge in [-0.3, -0.25) is 9.59 Å². The van der Waals surface area contributed by atoms with Gasteiger partial charge in [0.05, 0.1) is 16.3 Å². The number of benzene rings is 2. The van der Waals surface area contributed by atoms with Crippen LogP contribution in [-0.4, -0.2) is 30.9 Å². The van der Waals surface area contributed by atoms with Crippen molar-refractivity contribution in [2.45, 2.75) is 12.8 Å². The Morgan fingerprint density at radius 3 is 2.50 bits per heavy atom. The summed E-state index contributed by atoms with van der Waals surface area (Å²) in [6.45, 7) is 0.265. The zero-order valence-electron chi connectivity index (χ0n) is 13.9. The average molecular weight is 373 g/mol. The number of rotatable bonds is 5. The number of halogens is 1. The summed E-state index contributed by atoms with van der Waals surface area (Å²) >= 11 is 5.96. The van der Waals surface area contributed by atoms with Crippen LogP contribution in [0.5, 0.6) is 0 Å². The van der Waals surface area contributed by atoms with Crippen molar-refractivity contribution in [3.05, 3.63) is 59.1 Å². The van der Waals surface area contributed by atoms with Gasteiger partial charge < -0.3 is 15.0 Å². The number of anilines is 2. The molecule has 0 unspecified atom stereocenters. The minimum atomic E-state index is -0.612. The van der Waals surface area contributed by atoms with Gasteiger partial charge in [-0.1, -0.05) is 23.7 Å². The molecule has 2 amide bonds. The molecule has 1 heterocycles. The van der Waals surface area contributed by atoms with E-state index in [0.29, 0.717) is 29.2 Å². The molecular weight excluding hydrogens is 356 g/mol. The molecule has 0 aliphatic carbocycles. The summed E-state index contributed by atoms with van der Waals surface area (Å²) < 4.78 is 5.01. The van der Waals surface area contributed by atoms with Gasteiger partial charge in [-0.05, 0) is 42.8 Å². The highest BCUT2D eigenvalue weighted by Crippen LogP contribution is 2.22. The van der Waals surface area contributed by atoms with Gasteiger partial charge in [-0.2, -0.15) is 0 Å². The lowest BCUT2D eigenvalue weighted by molar-refractivity contribution is -0.119. The van der Waals surface area contributed by atoms with Gasteiger partial charge >= 0.3 is 5.97 Å². The van der Waals surface area contributed by atoms with Crippen LogP contribution in [0, 0.1) is 0 Å². The highest BCUT2D eigenvalue weighted by molar-refractivity contribution is 6.33. The molecule has 6 nitrogen and oxygen atoms in total. The highest BCUT2D eigenvalue weighted by Gasteiger charge is 2.21. The molecule has 3 rings (SSSR count). The van der Waals surface area contributed by atoms with E-state index in [4.69, 9.17) is 16.3 Å². The first kappa shape index (κ1) is 17.9. The molecule has 1 fully saturated rings. The van der Waals surface area contributed by atoms with Crippen LogP contribution in [0.1, 0.15) is 23.2 Å². The maximum atomic E-state index is 12.1. The number of hydrogen-bond donors (Lipinski definition) is 1. The third-order valence-electron chi connectivity index (χ3n) is 3.97. The number of ether oxygens (including phenoxy) is 1. The lowest BCUT2D eigenvalue weighted by Gasteiger charge is -2.15. The third kappa shape index (κ3) is 4.21. The molecule has 1 N–H and O–H groups in total. The van der Waals surface area contributed by atoms with Gasteiger partial charge in [0.1, 0.15) is 0 Å². The maximum absolute atomic E-state index is 12.1. The molecule has 0 spiro atoms. The molecule has 0 radical (unpaired) electrons. The largest absolute Gasteiger partial charge is 0.452 e. The fourth-order valence-corrected chi connectivity index (χ4v) is 2.84. The van der Waals surface area contributed by atoms with Crippen LogP contribution in [0.25, 0.3) is 0 Å². The molecule has 26 heavy (non-hydrogen) atoms. The van der Waals surface area contributed by atoms with Crippen molar-refractivity contribution in [2.75, 3.05) is 23.4 Å². The van der Waals surface area contributed by atoms with Crippen molar-refractivity contribution in [2.24, 2.45) is 0 Å². The fraction of sp³-hybridized carbons (Fsp3) is 0.211. The van der Waals surface area contributed by atoms with Crippen molar-refractivity contribution in [3.63, 3.8) is 0 Å². The second kappa shape index (κ2) is 8.01. The standard InChI is InChI=1S/C19H17ClN2O4/c20-15-4-1-2-5-16(15)21-17(23)12-26-19(25)13-7-9-14(10-8-13)22-11-3-6-18(22)24/h1-2,4-5,7-10H,3,6,11-12H2,(H,21,23). The lowest BCUT2D eigenvalue weighted by Crippen LogP contribution is -2.23. The Morgan fingerprint density at radius 1 is 1.12 bits per heavy atom. The van der Waals surface area contributed by atoms with Gasteiger partial charge in [0, 0.05) is 18.7 Å². The summed E-state index contributed by atoms with van der Waals surface area (Å²) in [5.41, 5.74) is 1.52. The Balaban J connectivity index is 1.54. The molecule has 1 aliphatic heterocycles. The SMILES string of the molecule is O=C(COC(=O)c1ccc(N2CCCC2=O)cc1)Nc1ccccc1Cl. The molecule has 1 saturated heterocycles. The quantitative estimate of drug-likeness (QED) is 0.817. The first-order valence-electron chi connectivity index (χ1n) is 8.16. The molecule has 1 aliphatic rings. The van der Waals surface area contributed by atoms with Gasteiger partial charge in [-0.15, -0.1) is 0 Å². The van der Waals surface area contributed by atoms with Crippen LogP contribution in [0.15, 0.2) is 48.5 Å². The summed E-state index contributed by atoms with van der Waals surface area (Å²) in [4.78, 5) is 37.3. The zero-order valence-corrected chi connectivity index (χ0v) is 14.7. The van der Waals surface area contributed by atoms with E-state index in [1.54, 1.807) is 53.4 Å². The van der Waals surface area contributed by atoms with E-state index in [1.165, 1.54) is 0 Å². The fourth-order valence-electron chi connectivity index (χ4n) is 2.66. The molecule has 7 heteroatoms. The highest BCUT2D eigenvalue weighted by atomic mass is 35.5. The minimum absolute atomic E-state index is 0.0802. The van der Waals surface area contributed by atoms with Crippen molar-refractivity contribution in [3.8, 4) is 0 Å². The monoisotopic (exact) mass is 372 g/mol. The molecule has 0 saturated carbocycles. The lowest BCUT2D eigenvalue weighted by atomic mass is 10.2. The molecule has 0 bridgehead atoms. The molecule has 2 aromatic rings. The zero-order chi connectivity index (χ0) is 18.5. The molecule has 0 atom stereocenters. The van der Waals surface area contributed by atoms with Crippen molar-refractivity contribution in [1.82, 2.24) is 0 Å². The number of hydrogen-bond acceptors (Lipinski definition) is 4. The van der Waals surface area contributed by atoms with E-state index in [0.717, 1.165) is 12.1 Å². The Hall–Kier alpha value is -2.86. The summed E-state index contributed by atoms with van der Waals surface area (Å²) in [7, 11) is 0. The third-order valence-corrected chi connectivity index (χ3v) is 4.30. The second-order valence-electron chi connectivity index (χ2n) is 5.80. The Labute approximate surface area is 155 Å². The van der Waals surface area contributed by atoms with Crippen LogP contribution in [0.3, 0.4) is 0 Å². The summed E-state index contributed by atoms with van der Waals surface area (Å²) in [5.74, 6) is -1.01. The van der Waals surface area contributed by atoms with Crippen LogP contribution < -0.4 is 10.2 Å². The number of esters is 1. The topological polar surface area (TPSA) is 75.7 Å². The number of para-hydroxylation sites is 1. The van der Waals surface area contributed by atoms with Crippen LogP contribution in [-0.2, 0) is 14.3 Å². The van der Waals surface area contributed by atoms with Gasteiger partial charge in [0.15, 0.2) is 6.61 Å². The summed E-state index contributed by atoms with van der Waals surface area (Å²) in [5, 5.41) is 2.98. The predicted octanol–water partition coefficient (Wildman–Crippen LogP) is 3.26. The number of nitrogens with zero attached hydrogens (tertiary/aromatic N) is 1. The first-order chi connectivity index (χ1) is 12.5. The molecule has 2 aromatic carbocycles. The van der Waals surface area contributed by atoms with E-state index in [9.17, 15) is 14.4 Å². The summed E-state index contributed by atoms with van der Waals surface area (Å²) in [6, 6.07) is 13.3. The van der Waals surface area contributed by atoms with Crippen LogP contribution in [0.4, 0.5) is 11.4 Å². The van der Waals surface area contributed by atoms with E-state index < -0.39 is 18.5 Å². The van der Waals surface area contributed by atoms with E-state index in [-0.39, 0.29) is 5.91 Å². The summed E-state index contributed by atoms with van der Waals surface area (Å²) in [6.07, 6.45) is 1.38. The number of nitrogens with one attached hydrogen (secondary N) is 1. The van der Waals surface area contributed by atoms with E-state index in [2.05, 4.69) is 5.32 Å². The normalized spacial score (nSPS) is 13.6. The van der Waals surface area contributed by atoms with Gasteiger partial charge in [-0.25, -0.2) is 4.79 Å². The minimum Gasteiger partial charge on any atom is -0.452 e. The Morgan fingerprint density at radius 2 is 1.85 bits per heavy atom. The molecule has 134 valence electrons. The van der Waals surface area contributed by atoms with Crippen LogP contribution in [0.2, 0.25) is 5.02 Å². The van der Waals surface area contributed by atoms with E-state index >= 15 is 0 Å². The van der Waals surface area contributed by atoms with Crippen LogP contribution >= 0.6 is 11.6 Å². The van der Waals surface area contributed by atoms with Crippen molar-refractivity contribution >= 4 is 40.8 Å². The van der Waals surface area contributed by atoms with E-state index in [1.807, 2.05) is 0 Å². The van der Waals surface area contributed by atoms with Gasteiger partial charge in [0.25, 0.3) is 5.91 Å². The number of amides is 2. The van der Waals surface area contributed by atoms with Crippen molar-refractivity contribution in [1.29, 1.82) is 0 Å². The molecule has 0 aromatic heterocycles. The Bertz CT molecular complexity index is 836. The maximum Gasteiger partial charge on any atom is 0.338 e. The smallest absolute Gasteiger partial charge is 0.338 e. The van der Waals surface area contributed by atoms with Gasteiger partial charge in [0.2, 0.25) is 5.91 Å². The van der Waals surface area contributed by atoms with Crippen molar-refractivity contribution < 1.29 is 19.1 Å². The predicted molar refractivity (Wildman–Crippen MR) is 98.4 cm³/mol. The second-order valence-corrected chi connectivity index (χ2v) is 6.21. The number of carbonyl (C=O) groups excluding carboxylic acids is 3. The molecular formula is C19H17ClN2O4. The average Bonchev–Trinajstić information content (AvgIpc) is 3.08. The number of carbonyl (C=O) groups is 3. The Kier molecular flexibility index (Phi) is 5.53. The first-order valence-corrected chi connectivity index (χ1v) is 8.54.